The Morgan fingerprint density at radius 3 is 2.46 bits per heavy atom. The summed E-state index contributed by atoms with van der Waals surface area (Å²) >= 11 is 3.57. The molecule has 2 N–H and O–H groups in total. The zero-order chi connectivity index (χ0) is 17.5. The van der Waals surface area contributed by atoms with Gasteiger partial charge in [-0.1, -0.05) is 12.1 Å². The normalized spacial score (nSPS) is 12.4. The topological polar surface area (TPSA) is 36.4 Å². The van der Waals surface area contributed by atoms with E-state index in [-0.39, 0.29) is 11.9 Å². The molecule has 0 spiro atoms. The minimum atomic E-state index is -0.247. The van der Waals surface area contributed by atoms with Crippen LogP contribution in [0.25, 0.3) is 5.70 Å². The maximum atomic E-state index is 13.0. The highest BCUT2D eigenvalue weighted by molar-refractivity contribution is 9.12. The number of hydrogen-bond donors (Lipinski definition) is 2. The van der Waals surface area contributed by atoms with Crippen molar-refractivity contribution in [1.82, 2.24) is 5.32 Å². The fourth-order valence-electron chi connectivity index (χ4n) is 2.21. The Hall–Kier alpha value is -2.14. The molecule has 0 atom stereocenters. The van der Waals surface area contributed by atoms with Gasteiger partial charge in [-0.3, -0.25) is 4.99 Å². The fourth-order valence-corrected chi connectivity index (χ4v) is 2.76. The molecule has 0 bridgehead atoms. The van der Waals surface area contributed by atoms with Gasteiger partial charge in [-0.2, -0.15) is 0 Å². The lowest BCUT2D eigenvalue weighted by Crippen LogP contribution is -2.22. The van der Waals surface area contributed by atoms with Crippen molar-refractivity contribution < 1.29 is 4.39 Å². The van der Waals surface area contributed by atoms with Crippen LogP contribution in [0.15, 0.2) is 58.0 Å². The summed E-state index contributed by atoms with van der Waals surface area (Å²) in [5.74, 6) is -0.247. The summed E-state index contributed by atoms with van der Waals surface area (Å²) in [7, 11) is 1.74. The van der Waals surface area contributed by atoms with Gasteiger partial charge >= 0.3 is 0 Å². The Kier molecular flexibility index (Phi) is 6.55. The number of rotatable bonds is 6. The number of anilines is 2. The number of aliphatic imine (C=N–C) groups is 1. The third kappa shape index (κ3) is 5.20. The molecule has 0 aliphatic heterocycles. The molecule has 3 nitrogen and oxygen atoms in total. The second kappa shape index (κ2) is 8.64. The molecule has 24 heavy (non-hydrogen) atoms. The zero-order valence-corrected chi connectivity index (χ0v) is 15.6. The number of nitrogens with zero attached hydrogens (tertiary/aromatic N) is 1. The lowest BCUT2D eigenvalue weighted by molar-refractivity contribution is 0.628. The molecule has 2 rings (SSSR count). The monoisotopic (exact) mass is 389 g/mol. The van der Waals surface area contributed by atoms with E-state index < -0.39 is 0 Å². The van der Waals surface area contributed by atoms with E-state index in [1.807, 2.05) is 24.3 Å². The second-order valence-electron chi connectivity index (χ2n) is 5.62. The Balaban J connectivity index is 2.32. The van der Waals surface area contributed by atoms with Crippen LogP contribution in [-0.4, -0.2) is 19.3 Å². The van der Waals surface area contributed by atoms with Gasteiger partial charge in [-0.25, -0.2) is 4.39 Å². The first kappa shape index (κ1) is 18.2. The number of allylic oxidation sites excluding steroid dienone is 1. The summed E-state index contributed by atoms with van der Waals surface area (Å²) in [6.45, 7) is 4.17. The molecule has 0 heterocycles. The van der Waals surface area contributed by atoms with Gasteiger partial charge < -0.3 is 10.6 Å². The molecule has 126 valence electrons. The molecular formula is C19H21BrFN3. The van der Waals surface area contributed by atoms with E-state index in [1.165, 1.54) is 12.1 Å². The SMILES string of the molecule is CN=C/C(Br)=C(\NC(C)C)c1cccc(Nc2ccc(F)cc2)c1. The zero-order valence-electron chi connectivity index (χ0n) is 14.0. The lowest BCUT2D eigenvalue weighted by atomic mass is 10.1. The molecular weight excluding hydrogens is 369 g/mol. The number of nitrogens with one attached hydrogen (secondary N) is 2. The van der Waals surface area contributed by atoms with Crippen LogP contribution in [0.2, 0.25) is 0 Å². The Morgan fingerprint density at radius 2 is 1.83 bits per heavy atom. The van der Waals surface area contributed by atoms with Gasteiger partial charge in [0.15, 0.2) is 0 Å². The van der Waals surface area contributed by atoms with E-state index in [0.717, 1.165) is 27.1 Å². The van der Waals surface area contributed by atoms with E-state index in [4.69, 9.17) is 0 Å². The van der Waals surface area contributed by atoms with Crippen LogP contribution in [0.1, 0.15) is 19.4 Å². The van der Waals surface area contributed by atoms with Crippen LogP contribution < -0.4 is 10.6 Å². The average molecular weight is 390 g/mol. The van der Waals surface area contributed by atoms with Crippen molar-refractivity contribution in [2.45, 2.75) is 19.9 Å². The molecule has 0 aliphatic rings. The highest BCUT2D eigenvalue weighted by atomic mass is 79.9. The van der Waals surface area contributed by atoms with Crippen molar-refractivity contribution in [2.24, 2.45) is 4.99 Å². The van der Waals surface area contributed by atoms with Crippen LogP contribution in [0.4, 0.5) is 15.8 Å². The minimum absolute atomic E-state index is 0.247. The molecule has 0 aromatic heterocycles. The smallest absolute Gasteiger partial charge is 0.123 e. The van der Waals surface area contributed by atoms with Crippen molar-refractivity contribution in [3.05, 3.63) is 64.4 Å². The Morgan fingerprint density at radius 1 is 1.12 bits per heavy atom. The summed E-state index contributed by atoms with van der Waals surface area (Å²) < 4.78 is 13.9. The fraction of sp³-hybridized carbons (Fsp3) is 0.211. The molecule has 2 aromatic carbocycles. The van der Waals surface area contributed by atoms with Gasteiger partial charge in [-0.05, 0) is 66.2 Å². The van der Waals surface area contributed by atoms with Gasteiger partial charge in [0, 0.05) is 36.2 Å². The highest BCUT2D eigenvalue weighted by Gasteiger charge is 2.09. The number of benzene rings is 2. The van der Waals surface area contributed by atoms with Crippen molar-refractivity contribution >= 4 is 39.2 Å². The molecule has 5 heteroatoms. The first-order valence-electron chi connectivity index (χ1n) is 7.71. The van der Waals surface area contributed by atoms with Gasteiger partial charge in [-0.15, -0.1) is 0 Å². The first-order valence-corrected chi connectivity index (χ1v) is 8.50. The van der Waals surface area contributed by atoms with Crippen LogP contribution in [0.5, 0.6) is 0 Å². The predicted molar refractivity (Wildman–Crippen MR) is 105 cm³/mol. The van der Waals surface area contributed by atoms with E-state index in [9.17, 15) is 4.39 Å². The molecule has 0 saturated carbocycles. The molecule has 0 amide bonds. The maximum Gasteiger partial charge on any atom is 0.123 e. The second-order valence-corrected chi connectivity index (χ2v) is 6.48. The molecule has 0 unspecified atom stereocenters. The van der Waals surface area contributed by atoms with E-state index in [1.54, 1.807) is 25.4 Å². The molecule has 2 aromatic rings. The molecule has 0 aliphatic carbocycles. The molecule has 0 saturated heterocycles. The van der Waals surface area contributed by atoms with E-state index in [0.29, 0.717) is 0 Å². The standard InChI is InChI=1S/C19H21BrFN3/c1-13(2)23-19(18(20)12-22-3)14-5-4-6-17(11-14)24-16-9-7-15(21)8-10-16/h4-13,23-24H,1-3H3/b19-18+,22-12?. The van der Waals surface area contributed by atoms with E-state index >= 15 is 0 Å². The predicted octanol–water partition coefficient (Wildman–Crippen LogP) is 5.33. The number of hydrogen-bond acceptors (Lipinski definition) is 3. The highest BCUT2D eigenvalue weighted by Crippen LogP contribution is 2.24. The largest absolute Gasteiger partial charge is 0.381 e. The summed E-state index contributed by atoms with van der Waals surface area (Å²) in [5.41, 5.74) is 3.77. The van der Waals surface area contributed by atoms with Crippen molar-refractivity contribution in [1.29, 1.82) is 0 Å². The quantitative estimate of drug-likeness (QED) is 0.654. The molecule has 0 fully saturated rings. The minimum Gasteiger partial charge on any atom is -0.381 e. The van der Waals surface area contributed by atoms with Crippen LogP contribution >= 0.6 is 15.9 Å². The summed E-state index contributed by atoms with van der Waals surface area (Å²) in [4.78, 5) is 4.07. The van der Waals surface area contributed by atoms with Crippen LogP contribution in [0, 0.1) is 5.82 Å². The Labute approximate surface area is 150 Å². The summed E-state index contributed by atoms with van der Waals surface area (Å²) in [5, 5.41) is 6.73. The van der Waals surface area contributed by atoms with Gasteiger partial charge in [0.05, 0.1) is 10.2 Å². The maximum absolute atomic E-state index is 13.0. The van der Waals surface area contributed by atoms with Crippen LogP contribution in [-0.2, 0) is 0 Å². The lowest BCUT2D eigenvalue weighted by Gasteiger charge is -2.17. The van der Waals surface area contributed by atoms with E-state index in [2.05, 4.69) is 45.4 Å². The van der Waals surface area contributed by atoms with Gasteiger partial charge in [0.2, 0.25) is 0 Å². The van der Waals surface area contributed by atoms with Crippen LogP contribution in [0.3, 0.4) is 0 Å². The number of halogens is 2. The Bertz CT molecular complexity index is 737. The summed E-state index contributed by atoms with van der Waals surface area (Å²) in [6.07, 6.45) is 1.77. The van der Waals surface area contributed by atoms with Gasteiger partial charge in [0.25, 0.3) is 0 Å². The van der Waals surface area contributed by atoms with Crippen molar-refractivity contribution in [2.75, 3.05) is 12.4 Å². The van der Waals surface area contributed by atoms with Crippen molar-refractivity contribution in [3.8, 4) is 0 Å². The van der Waals surface area contributed by atoms with Gasteiger partial charge in [0.1, 0.15) is 5.82 Å². The first-order chi connectivity index (χ1) is 11.5. The third-order valence-corrected chi connectivity index (χ3v) is 3.80. The third-order valence-electron chi connectivity index (χ3n) is 3.20. The molecule has 0 radical (unpaired) electrons. The summed E-state index contributed by atoms with van der Waals surface area (Å²) in [6, 6.07) is 14.6. The van der Waals surface area contributed by atoms with Crippen molar-refractivity contribution in [3.63, 3.8) is 0 Å². The average Bonchev–Trinajstić information content (AvgIpc) is 2.55.